The molecule has 0 aliphatic rings. The van der Waals surface area contributed by atoms with E-state index in [-0.39, 0.29) is 11.5 Å². The molecule has 0 aromatic rings. The quantitative estimate of drug-likeness (QED) is 0.178. The van der Waals surface area contributed by atoms with Crippen LogP contribution in [-0.2, 0) is 19.1 Å². The van der Waals surface area contributed by atoms with Crippen LogP contribution in [0.1, 0.15) is 92.4 Å². The lowest BCUT2D eigenvalue weighted by molar-refractivity contribution is -0.134. The second kappa shape index (κ2) is 19.3. The molecule has 0 amide bonds. The molecular weight excluding hydrogens is 372 g/mol. The summed E-state index contributed by atoms with van der Waals surface area (Å²) in [4.78, 5) is 21.2. The molecule has 6 heteroatoms. The number of aliphatic carboxylic acids is 2. The first-order valence-corrected chi connectivity index (χ1v) is 10.8. The van der Waals surface area contributed by atoms with Crippen LogP contribution in [0.5, 0.6) is 0 Å². The minimum Gasteiger partial charge on any atom is -0.478 e. The van der Waals surface area contributed by atoms with Gasteiger partial charge in [-0.3, -0.25) is 0 Å². The largest absolute Gasteiger partial charge is 0.478 e. The van der Waals surface area contributed by atoms with Crippen LogP contribution in [0.15, 0.2) is 23.7 Å². The van der Waals surface area contributed by atoms with Crippen molar-refractivity contribution in [2.45, 2.75) is 92.4 Å². The fourth-order valence-electron chi connectivity index (χ4n) is 2.57. The van der Waals surface area contributed by atoms with E-state index >= 15 is 0 Å². The van der Waals surface area contributed by atoms with Gasteiger partial charge in [0.1, 0.15) is 5.57 Å². The van der Waals surface area contributed by atoms with Gasteiger partial charge in [0.05, 0.1) is 13.2 Å². The Balaban J connectivity index is 0. The van der Waals surface area contributed by atoms with Crippen LogP contribution >= 0.6 is 0 Å². The highest BCUT2D eigenvalue weighted by Gasteiger charge is 2.14. The maximum atomic E-state index is 10.7. The highest BCUT2D eigenvalue weighted by molar-refractivity contribution is 5.86. The average Bonchev–Trinajstić information content (AvgIpc) is 2.64. The maximum Gasteiger partial charge on any atom is 0.338 e. The standard InChI is InChI=1S/C14H26O2.C9H16O4/c1-12(2)10-8-6-4-5-7-9-11-13(3)14(15)16;1-4-7(8(10)11)9(12-5-2)13-6-3/h12H,3-11H2,1-2H3,(H,15,16);4-6H2,1-3H3,(H,10,11). The van der Waals surface area contributed by atoms with E-state index in [9.17, 15) is 9.59 Å². The number of carboxylic acids is 2. The predicted molar refractivity (Wildman–Crippen MR) is 117 cm³/mol. The molecule has 0 unspecified atom stereocenters. The Morgan fingerprint density at radius 1 is 0.828 bits per heavy atom. The fourth-order valence-corrected chi connectivity index (χ4v) is 2.57. The van der Waals surface area contributed by atoms with E-state index in [1.165, 1.54) is 32.1 Å². The van der Waals surface area contributed by atoms with Crippen molar-refractivity contribution in [1.82, 2.24) is 0 Å². The Labute approximate surface area is 177 Å². The van der Waals surface area contributed by atoms with Crippen molar-refractivity contribution >= 4 is 11.9 Å². The van der Waals surface area contributed by atoms with Gasteiger partial charge in [0.15, 0.2) is 0 Å². The first-order valence-electron chi connectivity index (χ1n) is 10.8. The Morgan fingerprint density at radius 2 is 1.31 bits per heavy atom. The van der Waals surface area contributed by atoms with Crippen LogP contribution in [0, 0.1) is 5.92 Å². The van der Waals surface area contributed by atoms with Gasteiger partial charge in [-0.2, -0.15) is 0 Å². The zero-order valence-electron chi connectivity index (χ0n) is 19.1. The Bertz CT molecular complexity index is 486. The molecule has 0 atom stereocenters. The van der Waals surface area contributed by atoms with Gasteiger partial charge in [-0.15, -0.1) is 0 Å². The average molecular weight is 415 g/mol. The van der Waals surface area contributed by atoms with Crippen molar-refractivity contribution in [2.75, 3.05) is 13.2 Å². The number of ether oxygens (including phenoxy) is 2. The van der Waals surface area contributed by atoms with E-state index in [1.54, 1.807) is 20.8 Å². The van der Waals surface area contributed by atoms with E-state index in [4.69, 9.17) is 19.7 Å². The minimum absolute atomic E-state index is 0.139. The predicted octanol–water partition coefficient (Wildman–Crippen LogP) is 6.17. The molecule has 0 saturated carbocycles. The summed E-state index contributed by atoms with van der Waals surface area (Å²) in [7, 11) is 0. The number of hydrogen-bond donors (Lipinski definition) is 2. The molecule has 0 heterocycles. The molecule has 6 nitrogen and oxygen atoms in total. The second-order valence-corrected chi connectivity index (χ2v) is 7.25. The van der Waals surface area contributed by atoms with Crippen LogP contribution < -0.4 is 0 Å². The van der Waals surface area contributed by atoms with Gasteiger partial charge >= 0.3 is 11.9 Å². The number of carboxylic acid groups (broad SMARTS) is 2. The topological polar surface area (TPSA) is 93.1 Å². The molecule has 0 aromatic carbocycles. The van der Waals surface area contributed by atoms with Crippen molar-refractivity contribution in [3.05, 3.63) is 23.7 Å². The Morgan fingerprint density at radius 3 is 1.69 bits per heavy atom. The molecule has 2 N–H and O–H groups in total. The summed E-state index contributed by atoms with van der Waals surface area (Å²) >= 11 is 0. The first-order chi connectivity index (χ1) is 13.7. The van der Waals surface area contributed by atoms with Crippen molar-refractivity contribution in [3.63, 3.8) is 0 Å². The van der Waals surface area contributed by atoms with Gasteiger partial charge in [0, 0.05) is 5.57 Å². The zero-order chi connectivity index (χ0) is 22.7. The van der Waals surface area contributed by atoms with Gasteiger partial charge < -0.3 is 19.7 Å². The van der Waals surface area contributed by atoms with E-state index < -0.39 is 11.9 Å². The lowest BCUT2D eigenvalue weighted by Crippen LogP contribution is -2.09. The van der Waals surface area contributed by atoms with Crippen LogP contribution in [0.4, 0.5) is 0 Å². The lowest BCUT2D eigenvalue weighted by atomic mass is 10.0. The molecule has 0 aromatic heterocycles. The van der Waals surface area contributed by atoms with Gasteiger partial charge in [-0.25, -0.2) is 9.59 Å². The monoisotopic (exact) mass is 414 g/mol. The maximum absolute atomic E-state index is 10.7. The number of unbranched alkanes of at least 4 members (excludes halogenated alkanes) is 5. The van der Waals surface area contributed by atoms with Crippen LogP contribution in [0.2, 0.25) is 0 Å². The molecule has 0 rings (SSSR count). The third kappa shape index (κ3) is 17.8. The summed E-state index contributed by atoms with van der Waals surface area (Å²) in [5, 5.41) is 17.4. The van der Waals surface area contributed by atoms with Crippen molar-refractivity contribution in [3.8, 4) is 0 Å². The molecule has 0 radical (unpaired) electrons. The molecule has 0 spiro atoms. The zero-order valence-corrected chi connectivity index (χ0v) is 19.1. The van der Waals surface area contributed by atoms with E-state index in [2.05, 4.69) is 20.4 Å². The van der Waals surface area contributed by atoms with Crippen molar-refractivity contribution < 1.29 is 29.3 Å². The SMILES string of the molecule is C=C(CCCCCCCCC(C)C)C(=O)O.CCOC(OCC)=C(CC)C(=O)O. The summed E-state index contributed by atoms with van der Waals surface area (Å²) in [5.74, 6) is -0.879. The lowest BCUT2D eigenvalue weighted by Gasteiger charge is -2.11. The van der Waals surface area contributed by atoms with Crippen molar-refractivity contribution in [2.24, 2.45) is 5.92 Å². The number of rotatable bonds is 16. The fraction of sp³-hybridized carbons (Fsp3) is 0.739. The van der Waals surface area contributed by atoms with E-state index in [0.717, 1.165) is 18.8 Å². The van der Waals surface area contributed by atoms with Gasteiger partial charge in [0.25, 0.3) is 5.95 Å². The summed E-state index contributed by atoms with van der Waals surface area (Å²) in [6.07, 6.45) is 9.62. The Kier molecular flexibility index (Phi) is 19.5. The summed E-state index contributed by atoms with van der Waals surface area (Å²) in [6.45, 7) is 14.2. The third-order valence-corrected chi connectivity index (χ3v) is 4.22. The highest BCUT2D eigenvalue weighted by Crippen LogP contribution is 2.14. The molecule has 0 bridgehead atoms. The van der Waals surface area contributed by atoms with Crippen molar-refractivity contribution in [1.29, 1.82) is 0 Å². The summed E-state index contributed by atoms with van der Waals surface area (Å²) < 4.78 is 10.1. The summed E-state index contributed by atoms with van der Waals surface area (Å²) in [6, 6.07) is 0. The summed E-state index contributed by atoms with van der Waals surface area (Å²) in [5.41, 5.74) is 0.531. The smallest absolute Gasteiger partial charge is 0.338 e. The molecule has 0 saturated heterocycles. The highest BCUT2D eigenvalue weighted by atomic mass is 16.7. The normalized spacial score (nSPS) is 10.0. The number of carbonyl (C=O) groups is 2. The second-order valence-electron chi connectivity index (χ2n) is 7.25. The number of hydrogen-bond acceptors (Lipinski definition) is 4. The molecule has 170 valence electrons. The van der Waals surface area contributed by atoms with Crippen LogP contribution in [0.3, 0.4) is 0 Å². The van der Waals surface area contributed by atoms with E-state index in [0.29, 0.717) is 31.6 Å². The molecule has 0 fully saturated rings. The molecule has 29 heavy (non-hydrogen) atoms. The van der Waals surface area contributed by atoms with Gasteiger partial charge in [-0.05, 0) is 39.0 Å². The van der Waals surface area contributed by atoms with Crippen LogP contribution in [0.25, 0.3) is 0 Å². The van der Waals surface area contributed by atoms with Gasteiger partial charge in [-0.1, -0.05) is 65.9 Å². The third-order valence-electron chi connectivity index (χ3n) is 4.22. The van der Waals surface area contributed by atoms with Crippen LogP contribution in [-0.4, -0.2) is 35.4 Å². The van der Waals surface area contributed by atoms with Gasteiger partial charge in [0.2, 0.25) is 0 Å². The molecule has 0 aliphatic carbocycles. The van der Waals surface area contributed by atoms with E-state index in [1.807, 2.05) is 0 Å². The minimum atomic E-state index is -0.987. The Hall–Kier alpha value is -1.98. The molecule has 0 aliphatic heterocycles. The molecular formula is C23H42O6. The first kappa shape index (κ1) is 29.2.